The molecule has 1 aliphatic heterocycles. The molecule has 3 nitrogen and oxygen atoms in total. The van der Waals surface area contributed by atoms with E-state index in [1.165, 1.54) is 0 Å². The van der Waals surface area contributed by atoms with Crippen molar-refractivity contribution in [3.05, 3.63) is 0 Å². The summed E-state index contributed by atoms with van der Waals surface area (Å²) in [6, 6.07) is 0. The lowest BCUT2D eigenvalue weighted by Crippen LogP contribution is -2.44. The van der Waals surface area contributed by atoms with Crippen LogP contribution in [0.2, 0.25) is 0 Å². The molecule has 1 N–H and O–H groups in total. The van der Waals surface area contributed by atoms with Gasteiger partial charge < -0.3 is 10.1 Å². The number of nitrogens with one attached hydrogen (secondary N) is 1. The van der Waals surface area contributed by atoms with Crippen LogP contribution in [0, 0.1) is 29.6 Å². The summed E-state index contributed by atoms with van der Waals surface area (Å²) >= 11 is 0. The summed E-state index contributed by atoms with van der Waals surface area (Å²) in [4.78, 5) is 11.7. The van der Waals surface area contributed by atoms with Gasteiger partial charge in [0, 0.05) is 6.54 Å². The lowest BCUT2D eigenvalue weighted by atomic mass is 9.73. The fourth-order valence-electron chi connectivity index (χ4n) is 2.93. The molecular formula is C15H29NO2. The molecule has 1 amide bonds. The Morgan fingerprint density at radius 1 is 1.00 bits per heavy atom. The van der Waals surface area contributed by atoms with Gasteiger partial charge in [-0.1, -0.05) is 41.5 Å². The highest BCUT2D eigenvalue weighted by atomic mass is 16.6. The minimum Gasteiger partial charge on any atom is -0.446 e. The number of alkyl carbamates (subject to hydrolysis) is 1. The van der Waals surface area contributed by atoms with Gasteiger partial charge in [-0.05, 0) is 36.0 Å². The van der Waals surface area contributed by atoms with Gasteiger partial charge in [-0.3, -0.25) is 0 Å². The van der Waals surface area contributed by atoms with Crippen LogP contribution in [-0.4, -0.2) is 18.7 Å². The Hall–Kier alpha value is -0.730. The van der Waals surface area contributed by atoms with Gasteiger partial charge in [0.2, 0.25) is 0 Å². The van der Waals surface area contributed by atoms with Gasteiger partial charge in [0.25, 0.3) is 0 Å². The zero-order chi connectivity index (χ0) is 13.9. The number of ether oxygens (including phenoxy) is 1. The minimum atomic E-state index is -0.249. The average molecular weight is 255 g/mol. The van der Waals surface area contributed by atoms with Crippen LogP contribution in [0.5, 0.6) is 0 Å². The van der Waals surface area contributed by atoms with Crippen molar-refractivity contribution in [2.45, 2.75) is 54.1 Å². The highest BCUT2D eigenvalue weighted by Crippen LogP contribution is 2.34. The van der Waals surface area contributed by atoms with Gasteiger partial charge >= 0.3 is 6.09 Å². The van der Waals surface area contributed by atoms with Gasteiger partial charge in [0.05, 0.1) is 0 Å². The van der Waals surface area contributed by atoms with Gasteiger partial charge in [-0.25, -0.2) is 4.79 Å². The van der Waals surface area contributed by atoms with Crippen molar-refractivity contribution in [3.8, 4) is 0 Å². The molecular weight excluding hydrogens is 226 g/mol. The van der Waals surface area contributed by atoms with Crippen molar-refractivity contribution in [3.63, 3.8) is 0 Å². The second-order valence-corrected chi connectivity index (χ2v) is 6.62. The standard InChI is InChI=1S/C15H29NO2/c1-9(2)12-7-14(11(5)6)18-15(17)16-8-13(12)10(3)4/h9-14H,7-8H2,1-6H3,(H,16,17). The predicted molar refractivity (Wildman–Crippen MR) is 74.4 cm³/mol. The van der Waals surface area contributed by atoms with Crippen molar-refractivity contribution in [2.75, 3.05) is 6.54 Å². The smallest absolute Gasteiger partial charge is 0.407 e. The molecule has 0 aliphatic carbocycles. The molecule has 18 heavy (non-hydrogen) atoms. The summed E-state index contributed by atoms with van der Waals surface area (Å²) in [6.45, 7) is 14.0. The summed E-state index contributed by atoms with van der Waals surface area (Å²) in [5.74, 6) is 2.74. The van der Waals surface area contributed by atoms with Crippen LogP contribution < -0.4 is 5.32 Å². The molecule has 0 aromatic heterocycles. The number of amides is 1. The van der Waals surface area contributed by atoms with Crippen molar-refractivity contribution >= 4 is 6.09 Å². The maximum Gasteiger partial charge on any atom is 0.407 e. The van der Waals surface area contributed by atoms with Crippen molar-refractivity contribution in [1.29, 1.82) is 0 Å². The van der Waals surface area contributed by atoms with E-state index >= 15 is 0 Å². The molecule has 1 fully saturated rings. The van der Waals surface area contributed by atoms with Gasteiger partial charge in [-0.2, -0.15) is 0 Å². The zero-order valence-electron chi connectivity index (χ0n) is 12.7. The monoisotopic (exact) mass is 255 g/mol. The van der Waals surface area contributed by atoms with E-state index in [0.717, 1.165) is 13.0 Å². The molecule has 1 saturated heterocycles. The molecule has 0 radical (unpaired) electrons. The Labute approximate surface area is 112 Å². The topological polar surface area (TPSA) is 38.3 Å². The molecule has 1 aliphatic rings. The Kier molecular flexibility index (Phi) is 5.48. The number of cyclic esters (lactones) is 1. The average Bonchev–Trinajstić information content (AvgIpc) is 2.21. The first kappa shape index (κ1) is 15.3. The SMILES string of the molecule is CC(C)C1CC(C(C)C)C(C(C)C)CNC(=O)O1. The van der Waals surface area contributed by atoms with Crippen LogP contribution >= 0.6 is 0 Å². The van der Waals surface area contributed by atoms with E-state index in [0.29, 0.717) is 29.6 Å². The van der Waals surface area contributed by atoms with E-state index in [4.69, 9.17) is 4.74 Å². The first-order chi connectivity index (χ1) is 8.32. The first-order valence-corrected chi connectivity index (χ1v) is 7.27. The normalized spacial score (nSPS) is 30.1. The molecule has 0 aromatic carbocycles. The number of carbonyl (C=O) groups is 1. The van der Waals surface area contributed by atoms with Gasteiger partial charge in [0.15, 0.2) is 0 Å². The second-order valence-electron chi connectivity index (χ2n) is 6.62. The van der Waals surface area contributed by atoms with E-state index < -0.39 is 0 Å². The van der Waals surface area contributed by atoms with E-state index in [1.807, 2.05) is 0 Å². The van der Waals surface area contributed by atoms with E-state index in [9.17, 15) is 4.79 Å². The lowest BCUT2D eigenvalue weighted by molar-refractivity contribution is 0.0184. The van der Waals surface area contributed by atoms with Crippen LogP contribution in [0.25, 0.3) is 0 Å². The molecule has 3 heteroatoms. The molecule has 3 unspecified atom stereocenters. The highest BCUT2D eigenvalue weighted by molar-refractivity contribution is 5.67. The number of rotatable bonds is 3. The Morgan fingerprint density at radius 2 is 1.56 bits per heavy atom. The molecule has 0 spiro atoms. The maximum atomic E-state index is 11.7. The maximum absolute atomic E-state index is 11.7. The fraction of sp³-hybridized carbons (Fsp3) is 0.933. The molecule has 106 valence electrons. The molecule has 0 saturated carbocycles. The fourth-order valence-corrected chi connectivity index (χ4v) is 2.93. The van der Waals surface area contributed by atoms with Gasteiger partial charge in [0.1, 0.15) is 6.10 Å². The highest BCUT2D eigenvalue weighted by Gasteiger charge is 2.34. The summed E-state index contributed by atoms with van der Waals surface area (Å²) in [7, 11) is 0. The largest absolute Gasteiger partial charge is 0.446 e. The quantitative estimate of drug-likeness (QED) is 0.835. The molecule has 0 bridgehead atoms. The number of hydrogen-bond donors (Lipinski definition) is 1. The predicted octanol–water partition coefficient (Wildman–Crippen LogP) is 3.69. The molecule has 3 atom stereocenters. The Bertz CT molecular complexity index is 274. The van der Waals surface area contributed by atoms with Crippen LogP contribution in [0.4, 0.5) is 4.79 Å². The first-order valence-electron chi connectivity index (χ1n) is 7.27. The van der Waals surface area contributed by atoms with Crippen LogP contribution in [-0.2, 0) is 4.74 Å². The van der Waals surface area contributed by atoms with Gasteiger partial charge in [-0.15, -0.1) is 0 Å². The third-order valence-electron chi connectivity index (χ3n) is 4.25. The second kappa shape index (κ2) is 6.44. The van der Waals surface area contributed by atoms with Crippen molar-refractivity contribution in [1.82, 2.24) is 5.32 Å². The minimum absolute atomic E-state index is 0.0407. The number of carbonyl (C=O) groups excluding carboxylic acids is 1. The molecule has 1 rings (SSSR count). The van der Waals surface area contributed by atoms with E-state index in [-0.39, 0.29) is 12.2 Å². The van der Waals surface area contributed by atoms with E-state index in [1.54, 1.807) is 0 Å². The summed E-state index contributed by atoms with van der Waals surface area (Å²) in [5, 5.41) is 2.92. The molecule has 1 heterocycles. The Morgan fingerprint density at radius 3 is 2.00 bits per heavy atom. The summed E-state index contributed by atoms with van der Waals surface area (Å²) in [6.07, 6.45) is 0.784. The van der Waals surface area contributed by atoms with Crippen LogP contribution in [0.15, 0.2) is 0 Å². The third-order valence-corrected chi connectivity index (χ3v) is 4.25. The van der Waals surface area contributed by atoms with E-state index in [2.05, 4.69) is 46.9 Å². The Balaban J connectivity index is 2.89. The summed E-state index contributed by atoms with van der Waals surface area (Å²) in [5.41, 5.74) is 0. The lowest BCUT2D eigenvalue weighted by Gasteiger charge is -2.38. The van der Waals surface area contributed by atoms with Crippen molar-refractivity contribution in [2.24, 2.45) is 29.6 Å². The third kappa shape index (κ3) is 3.89. The summed E-state index contributed by atoms with van der Waals surface area (Å²) < 4.78 is 5.51. The van der Waals surface area contributed by atoms with Crippen LogP contribution in [0.3, 0.4) is 0 Å². The zero-order valence-corrected chi connectivity index (χ0v) is 12.7. The molecule has 0 aromatic rings. The van der Waals surface area contributed by atoms with Crippen molar-refractivity contribution < 1.29 is 9.53 Å². The number of hydrogen-bond acceptors (Lipinski definition) is 2. The van der Waals surface area contributed by atoms with Crippen LogP contribution in [0.1, 0.15) is 48.0 Å².